The topological polar surface area (TPSA) is 247 Å². The van der Waals surface area contributed by atoms with Crippen LogP contribution in [-0.4, -0.2) is 75.4 Å². The Morgan fingerprint density at radius 2 is 1.33 bits per heavy atom. The summed E-state index contributed by atoms with van der Waals surface area (Å²) < 4.78 is 0. The number of benzene rings is 2. The van der Waals surface area contributed by atoms with E-state index in [1.54, 1.807) is 12.4 Å². The first kappa shape index (κ1) is 32.5. The molecule has 2 heterocycles. The molecular formula is C31H39N9O5. The van der Waals surface area contributed by atoms with Crippen molar-refractivity contribution in [2.45, 2.75) is 56.8 Å². The van der Waals surface area contributed by atoms with E-state index in [0.29, 0.717) is 6.42 Å². The summed E-state index contributed by atoms with van der Waals surface area (Å²) in [6.07, 6.45) is 4.30. The lowest BCUT2D eigenvalue weighted by Crippen LogP contribution is -2.57. The Morgan fingerprint density at radius 3 is 1.91 bits per heavy atom. The summed E-state index contributed by atoms with van der Waals surface area (Å²) in [4.78, 5) is 61.9. The van der Waals surface area contributed by atoms with Gasteiger partial charge in [0, 0.05) is 47.2 Å². The first-order valence-corrected chi connectivity index (χ1v) is 14.6. The van der Waals surface area contributed by atoms with Crippen LogP contribution in [0.5, 0.6) is 0 Å². The molecule has 3 amide bonds. The molecule has 0 aliphatic heterocycles. The lowest BCUT2D eigenvalue weighted by atomic mass is 10.0. The van der Waals surface area contributed by atoms with E-state index in [0.717, 1.165) is 32.9 Å². The number of carboxylic acids is 1. The molecule has 2 aromatic heterocycles. The maximum absolute atomic E-state index is 13.8. The Morgan fingerprint density at radius 1 is 0.800 bits per heavy atom. The quantitative estimate of drug-likeness (QED) is 0.0511. The Kier molecular flexibility index (Phi) is 10.8. The fraction of sp³-hybridized carbons (Fsp3) is 0.323. The van der Waals surface area contributed by atoms with Crippen molar-refractivity contribution in [3.8, 4) is 0 Å². The van der Waals surface area contributed by atoms with Crippen molar-refractivity contribution in [2.24, 2.45) is 22.2 Å². The van der Waals surface area contributed by atoms with Gasteiger partial charge in [-0.15, -0.1) is 0 Å². The zero-order valence-corrected chi connectivity index (χ0v) is 24.9. The molecule has 4 rings (SSSR count). The lowest BCUT2D eigenvalue weighted by Gasteiger charge is -2.25. The standard InChI is InChI=1S/C31H39N9O5/c1-17(30(44)45)38-28(42)25(11-6-12-35-31(33)34)39-29(43)26(14-19-16-37-24-10-5-3-8-21(19)24)40-27(41)22(32)13-18-15-36-23-9-4-2-7-20(18)23/h2-5,7-10,15-17,22,25-26,36-37H,6,11-14,32H2,1H3,(H,38,42)(H,39,43)(H,40,41)(H,44,45)(H4,33,34,35). The normalized spacial score (nSPS) is 13.8. The maximum atomic E-state index is 13.8. The fourth-order valence-electron chi connectivity index (χ4n) is 5.06. The number of fused-ring (bicyclic) bond motifs is 2. The molecule has 0 aliphatic rings. The predicted molar refractivity (Wildman–Crippen MR) is 171 cm³/mol. The van der Waals surface area contributed by atoms with Crippen molar-refractivity contribution in [3.05, 3.63) is 72.1 Å². The van der Waals surface area contributed by atoms with Crippen molar-refractivity contribution < 1.29 is 24.3 Å². The van der Waals surface area contributed by atoms with Gasteiger partial charge in [0.2, 0.25) is 17.7 Å². The van der Waals surface area contributed by atoms with Gasteiger partial charge in [0.15, 0.2) is 5.96 Å². The lowest BCUT2D eigenvalue weighted by molar-refractivity contribution is -0.141. The van der Waals surface area contributed by atoms with E-state index in [4.69, 9.17) is 17.2 Å². The van der Waals surface area contributed by atoms with Gasteiger partial charge in [0.25, 0.3) is 0 Å². The van der Waals surface area contributed by atoms with Crippen molar-refractivity contribution in [1.29, 1.82) is 0 Å². The molecule has 0 radical (unpaired) electrons. The number of aliphatic carboxylic acids is 1. The van der Waals surface area contributed by atoms with Crippen molar-refractivity contribution >= 4 is 51.5 Å². The van der Waals surface area contributed by atoms with Gasteiger partial charge >= 0.3 is 5.97 Å². The van der Waals surface area contributed by atoms with Gasteiger partial charge in [-0.1, -0.05) is 36.4 Å². The summed E-state index contributed by atoms with van der Waals surface area (Å²) in [6.45, 7) is 1.50. The molecule has 4 unspecified atom stereocenters. The summed E-state index contributed by atoms with van der Waals surface area (Å²) in [5.74, 6) is -3.24. The predicted octanol–water partition coefficient (Wildman–Crippen LogP) is 0.374. The monoisotopic (exact) mass is 617 g/mol. The molecule has 0 spiro atoms. The van der Waals surface area contributed by atoms with Crippen LogP contribution in [0.2, 0.25) is 0 Å². The smallest absolute Gasteiger partial charge is 0.325 e. The molecule has 4 aromatic rings. The van der Waals surface area contributed by atoms with Gasteiger partial charge in [0.05, 0.1) is 6.04 Å². The number of H-pyrrole nitrogens is 2. The molecule has 2 aromatic carbocycles. The van der Waals surface area contributed by atoms with E-state index >= 15 is 0 Å². The third kappa shape index (κ3) is 8.60. The minimum Gasteiger partial charge on any atom is -0.480 e. The molecule has 0 saturated carbocycles. The van der Waals surface area contributed by atoms with Crippen LogP contribution < -0.4 is 33.2 Å². The average Bonchev–Trinajstić information content (AvgIpc) is 3.61. The first-order valence-electron chi connectivity index (χ1n) is 14.6. The van der Waals surface area contributed by atoms with E-state index in [2.05, 4.69) is 30.9 Å². The number of guanidine groups is 1. The van der Waals surface area contributed by atoms with Crippen LogP contribution in [0, 0.1) is 0 Å². The summed E-state index contributed by atoms with van der Waals surface area (Å²) >= 11 is 0. The highest BCUT2D eigenvalue weighted by Gasteiger charge is 2.30. The van der Waals surface area contributed by atoms with Crippen molar-refractivity contribution in [3.63, 3.8) is 0 Å². The number of nitrogens with zero attached hydrogens (tertiary/aromatic N) is 1. The van der Waals surface area contributed by atoms with Gasteiger partial charge in [-0.3, -0.25) is 24.2 Å². The second kappa shape index (κ2) is 14.9. The molecule has 0 bridgehead atoms. The highest BCUT2D eigenvalue weighted by Crippen LogP contribution is 2.21. The third-order valence-electron chi connectivity index (χ3n) is 7.49. The average molecular weight is 618 g/mol. The minimum absolute atomic E-state index is 0.0925. The number of nitrogens with one attached hydrogen (secondary N) is 5. The number of aromatic nitrogens is 2. The molecule has 4 atom stereocenters. The second-order valence-electron chi connectivity index (χ2n) is 10.9. The number of aromatic amines is 2. The number of hydrogen-bond acceptors (Lipinski definition) is 6. The summed E-state index contributed by atoms with van der Waals surface area (Å²) in [6, 6.07) is 10.8. The van der Waals surface area contributed by atoms with Gasteiger partial charge in [0.1, 0.15) is 18.1 Å². The van der Waals surface area contributed by atoms with Crippen LogP contribution in [0.15, 0.2) is 65.9 Å². The number of hydrogen-bond donors (Lipinski definition) is 9. The number of carboxylic acid groups (broad SMARTS) is 1. The number of aliphatic imine (C=N–C) groups is 1. The molecule has 45 heavy (non-hydrogen) atoms. The molecule has 14 heteroatoms. The Hall–Kier alpha value is -5.37. The molecule has 0 aliphatic carbocycles. The van der Waals surface area contributed by atoms with Gasteiger partial charge in [-0.05, 0) is 49.4 Å². The first-order chi connectivity index (χ1) is 21.5. The largest absolute Gasteiger partial charge is 0.480 e. The van der Waals surface area contributed by atoms with E-state index < -0.39 is 47.9 Å². The van der Waals surface area contributed by atoms with Crippen molar-refractivity contribution in [2.75, 3.05) is 6.54 Å². The number of para-hydroxylation sites is 2. The van der Waals surface area contributed by atoms with E-state index in [1.165, 1.54) is 6.92 Å². The SMILES string of the molecule is CC(NC(=O)C(CCCN=C(N)N)NC(=O)C(Cc1c[nH]c2ccccc12)NC(=O)C(N)Cc1c[nH]c2ccccc12)C(=O)O. The van der Waals surface area contributed by atoms with E-state index in [1.807, 2.05) is 48.5 Å². The highest BCUT2D eigenvalue weighted by atomic mass is 16.4. The number of nitrogens with two attached hydrogens (primary N) is 3. The maximum Gasteiger partial charge on any atom is 0.325 e. The Balaban J connectivity index is 1.55. The van der Waals surface area contributed by atoms with Crippen LogP contribution >= 0.6 is 0 Å². The molecule has 0 saturated heterocycles. The van der Waals surface area contributed by atoms with E-state index in [-0.39, 0.29) is 31.8 Å². The van der Waals surface area contributed by atoms with Crippen LogP contribution in [0.1, 0.15) is 30.9 Å². The third-order valence-corrected chi connectivity index (χ3v) is 7.49. The Labute approximate surface area is 259 Å². The number of rotatable bonds is 15. The summed E-state index contributed by atoms with van der Waals surface area (Å²) in [5, 5.41) is 19.0. The number of carbonyl (C=O) groups is 4. The zero-order valence-electron chi connectivity index (χ0n) is 24.9. The summed E-state index contributed by atoms with van der Waals surface area (Å²) in [7, 11) is 0. The molecule has 12 N–H and O–H groups in total. The highest BCUT2D eigenvalue weighted by molar-refractivity contribution is 5.95. The molecule has 238 valence electrons. The van der Waals surface area contributed by atoms with Crippen molar-refractivity contribution in [1.82, 2.24) is 25.9 Å². The van der Waals surface area contributed by atoms with Gasteiger partial charge < -0.3 is 48.2 Å². The van der Waals surface area contributed by atoms with Crippen LogP contribution in [-0.2, 0) is 32.0 Å². The second-order valence-corrected chi connectivity index (χ2v) is 10.9. The number of carbonyl (C=O) groups excluding carboxylic acids is 3. The van der Waals surface area contributed by atoms with Crippen LogP contribution in [0.25, 0.3) is 21.8 Å². The zero-order chi connectivity index (χ0) is 32.5. The van der Waals surface area contributed by atoms with Crippen LogP contribution in [0.4, 0.5) is 0 Å². The minimum atomic E-state index is -1.23. The van der Waals surface area contributed by atoms with Gasteiger partial charge in [-0.25, -0.2) is 0 Å². The summed E-state index contributed by atoms with van der Waals surface area (Å²) in [5.41, 5.74) is 20.5. The molecule has 14 nitrogen and oxygen atoms in total. The number of amides is 3. The molecule has 0 fully saturated rings. The van der Waals surface area contributed by atoms with Gasteiger partial charge in [-0.2, -0.15) is 0 Å². The molecular weight excluding hydrogens is 578 g/mol. The Bertz CT molecular complexity index is 1690. The van der Waals surface area contributed by atoms with E-state index in [9.17, 15) is 24.3 Å². The fourth-order valence-corrected chi connectivity index (χ4v) is 5.06. The van der Waals surface area contributed by atoms with Crippen LogP contribution in [0.3, 0.4) is 0 Å².